The Morgan fingerprint density at radius 3 is 2.44 bits per heavy atom. The topological polar surface area (TPSA) is 55.1 Å². The number of amides is 1. The lowest BCUT2D eigenvalue weighted by Crippen LogP contribution is -2.16. The molecule has 0 saturated heterocycles. The first-order valence-corrected chi connectivity index (χ1v) is 5.63. The molecule has 86 valence electrons. The highest BCUT2D eigenvalue weighted by molar-refractivity contribution is 5.94. The highest BCUT2D eigenvalue weighted by Gasteiger charge is 2.50. The van der Waals surface area contributed by atoms with E-state index in [9.17, 15) is 4.79 Å². The highest BCUT2D eigenvalue weighted by atomic mass is 16.2. The molecular weight excluding hydrogens is 200 g/mol. The number of benzene rings is 1. The van der Waals surface area contributed by atoms with Crippen molar-refractivity contribution in [2.45, 2.75) is 26.8 Å². The molecule has 1 aliphatic carbocycles. The third kappa shape index (κ3) is 2.25. The van der Waals surface area contributed by atoms with Gasteiger partial charge in [0.15, 0.2) is 0 Å². The largest absolute Gasteiger partial charge is 0.326 e. The number of carbonyl (C=O) groups excluding carboxylic acids is 1. The maximum absolute atomic E-state index is 11.8. The van der Waals surface area contributed by atoms with E-state index in [1.807, 2.05) is 24.3 Å². The highest BCUT2D eigenvalue weighted by Crippen LogP contribution is 2.51. The lowest BCUT2D eigenvalue weighted by molar-refractivity contribution is -0.117. The second-order valence-electron chi connectivity index (χ2n) is 5.14. The Labute approximate surface area is 96.0 Å². The minimum atomic E-state index is 0.130. The molecule has 0 bridgehead atoms. The summed E-state index contributed by atoms with van der Waals surface area (Å²) in [4.78, 5) is 11.8. The molecule has 1 atom stereocenters. The van der Waals surface area contributed by atoms with Crippen molar-refractivity contribution in [2.24, 2.45) is 17.1 Å². The van der Waals surface area contributed by atoms with Crippen LogP contribution < -0.4 is 11.1 Å². The summed E-state index contributed by atoms with van der Waals surface area (Å²) in [6, 6.07) is 7.67. The molecule has 1 amide bonds. The number of rotatable bonds is 3. The molecule has 0 radical (unpaired) electrons. The molecule has 1 aromatic rings. The summed E-state index contributed by atoms with van der Waals surface area (Å²) in [5.74, 6) is 0.298. The molecular formula is C13H18N2O. The number of hydrogen-bond acceptors (Lipinski definition) is 2. The van der Waals surface area contributed by atoms with E-state index < -0.39 is 0 Å². The summed E-state index contributed by atoms with van der Waals surface area (Å²) in [6.07, 6.45) is 0.986. The maximum atomic E-state index is 11.8. The van der Waals surface area contributed by atoms with Gasteiger partial charge in [-0.15, -0.1) is 0 Å². The Morgan fingerprint density at radius 1 is 1.44 bits per heavy atom. The number of nitrogens with one attached hydrogen (secondary N) is 1. The third-order valence-electron chi connectivity index (χ3n) is 3.29. The van der Waals surface area contributed by atoms with E-state index in [0.29, 0.717) is 6.54 Å². The quantitative estimate of drug-likeness (QED) is 0.816. The zero-order valence-corrected chi connectivity index (χ0v) is 9.79. The molecule has 0 spiro atoms. The van der Waals surface area contributed by atoms with Gasteiger partial charge in [0.25, 0.3) is 0 Å². The monoisotopic (exact) mass is 218 g/mol. The lowest BCUT2D eigenvalue weighted by Gasteiger charge is -2.07. The van der Waals surface area contributed by atoms with Crippen LogP contribution in [0.15, 0.2) is 24.3 Å². The Hall–Kier alpha value is -1.35. The van der Waals surface area contributed by atoms with Gasteiger partial charge < -0.3 is 11.1 Å². The summed E-state index contributed by atoms with van der Waals surface area (Å²) in [6.45, 7) is 4.77. The van der Waals surface area contributed by atoms with E-state index in [1.165, 1.54) is 0 Å². The molecule has 1 aliphatic rings. The van der Waals surface area contributed by atoms with Crippen LogP contribution >= 0.6 is 0 Å². The van der Waals surface area contributed by atoms with Gasteiger partial charge in [0.05, 0.1) is 0 Å². The van der Waals surface area contributed by atoms with Crippen molar-refractivity contribution in [2.75, 3.05) is 5.32 Å². The Balaban J connectivity index is 1.96. The molecule has 1 fully saturated rings. The molecule has 1 unspecified atom stereocenters. The van der Waals surface area contributed by atoms with Crippen molar-refractivity contribution in [1.29, 1.82) is 0 Å². The van der Waals surface area contributed by atoms with Crippen LogP contribution in [0.3, 0.4) is 0 Å². The predicted molar refractivity (Wildman–Crippen MR) is 64.9 cm³/mol. The normalized spacial score (nSPS) is 21.6. The van der Waals surface area contributed by atoms with Crippen LogP contribution in [0, 0.1) is 11.3 Å². The minimum Gasteiger partial charge on any atom is -0.326 e. The van der Waals surface area contributed by atoms with Crippen LogP contribution in [0.2, 0.25) is 0 Å². The average molecular weight is 218 g/mol. The van der Waals surface area contributed by atoms with Crippen molar-refractivity contribution in [1.82, 2.24) is 0 Å². The number of nitrogens with two attached hydrogens (primary N) is 1. The first-order valence-electron chi connectivity index (χ1n) is 5.63. The molecule has 1 aromatic carbocycles. The van der Waals surface area contributed by atoms with Gasteiger partial charge in [0, 0.05) is 18.2 Å². The van der Waals surface area contributed by atoms with E-state index in [4.69, 9.17) is 5.73 Å². The molecule has 0 aromatic heterocycles. The van der Waals surface area contributed by atoms with Gasteiger partial charge in [0.2, 0.25) is 5.91 Å². The standard InChI is InChI=1S/C13H18N2O/c1-13(2)7-11(13)12(16)15-10-5-3-9(8-14)4-6-10/h3-6,11H,7-8,14H2,1-2H3,(H,15,16). The summed E-state index contributed by atoms with van der Waals surface area (Å²) in [5.41, 5.74) is 7.62. The number of anilines is 1. The van der Waals surface area contributed by atoms with E-state index in [1.54, 1.807) is 0 Å². The van der Waals surface area contributed by atoms with Gasteiger partial charge in [0.1, 0.15) is 0 Å². The molecule has 16 heavy (non-hydrogen) atoms. The van der Waals surface area contributed by atoms with E-state index >= 15 is 0 Å². The molecule has 0 aliphatic heterocycles. The number of hydrogen-bond donors (Lipinski definition) is 2. The maximum Gasteiger partial charge on any atom is 0.228 e. The SMILES string of the molecule is CC1(C)CC1C(=O)Nc1ccc(CN)cc1. The van der Waals surface area contributed by atoms with Crippen molar-refractivity contribution in [3.8, 4) is 0 Å². The fourth-order valence-electron chi connectivity index (χ4n) is 1.87. The first kappa shape index (κ1) is 11.1. The van der Waals surface area contributed by atoms with Gasteiger partial charge in [-0.1, -0.05) is 26.0 Å². The van der Waals surface area contributed by atoms with E-state index in [2.05, 4.69) is 19.2 Å². The van der Waals surface area contributed by atoms with Crippen molar-refractivity contribution in [3.05, 3.63) is 29.8 Å². The van der Waals surface area contributed by atoms with E-state index in [-0.39, 0.29) is 17.2 Å². The van der Waals surface area contributed by atoms with Crippen LogP contribution in [-0.2, 0) is 11.3 Å². The third-order valence-corrected chi connectivity index (χ3v) is 3.29. The van der Waals surface area contributed by atoms with Crippen molar-refractivity contribution >= 4 is 11.6 Å². The summed E-state index contributed by atoms with van der Waals surface area (Å²) in [5, 5.41) is 2.93. The van der Waals surface area contributed by atoms with Crippen molar-refractivity contribution < 1.29 is 4.79 Å². The smallest absolute Gasteiger partial charge is 0.228 e. The van der Waals surface area contributed by atoms with Gasteiger partial charge in [-0.3, -0.25) is 4.79 Å². The zero-order chi connectivity index (χ0) is 11.8. The van der Waals surface area contributed by atoms with Crippen molar-refractivity contribution in [3.63, 3.8) is 0 Å². The molecule has 3 nitrogen and oxygen atoms in total. The van der Waals surface area contributed by atoms with Gasteiger partial charge in [-0.25, -0.2) is 0 Å². The predicted octanol–water partition coefficient (Wildman–Crippen LogP) is 2.13. The number of carbonyl (C=O) groups is 1. The Morgan fingerprint density at radius 2 is 2.00 bits per heavy atom. The van der Waals surface area contributed by atoms with Crippen LogP contribution in [0.1, 0.15) is 25.8 Å². The van der Waals surface area contributed by atoms with E-state index in [0.717, 1.165) is 17.7 Å². The van der Waals surface area contributed by atoms with Gasteiger partial charge >= 0.3 is 0 Å². The molecule has 0 heterocycles. The first-order chi connectivity index (χ1) is 7.53. The van der Waals surface area contributed by atoms with Crippen LogP contribution in [0.25, 0.3) is 0 Å². The summed E-state index contributed by atoms with van der Waals surface area (Å²) >= 11 is 0. The van der Waals surface area contributed by atoms with Crippen LogP contribution in [0.5, 0.6) is 0 Å². The fourth-order valence-corrected chi connectivity index (χ4v) is 1.87. The lowest BCUT2D eigenvalue weighted by atomic mass is 10.1. The summed E-state index contributed by atoms with van der Waals surface area (Å²) < 4.78 is 0. The minimum absolute atomic E-state index is 0.130. The second-order valence-corrected chi connectivity index (χ2v) is 5.14. The van der Waals surface area contributed by atoms with Crippen LogP contribution in [-0.4, -0.2) is 5.91 Å². The Bertz CT molecular complexity index is 395. The fraction of sp³-hybridized carbons (Fsp3) is 0.462. The van der Waals surface area contributed by atoms with Crippen LogP contribution in [0.4, 0.5) is 5.69 Å². The second kappa shape index (κ2) is 3.91. The van der Waals surface area contributed by atoms with Gasteiger partial charge in [-0.2, -0.15) is 0 Å². The molecule has 3 heteroatoms. The zero-order valence-electron chi connectivity index (χ0n) is 9.79. The molecule has 2 rings (SSSR count). The summed E-state index contributed by atoms with van der Waals surface area (Å²) in [7, 11) is 0. The van der Waals surface area contributed by atoms with Gasteiger partial charge in [-0.05, 0) is 29.5 Å². The average Bonchev–Trinajstić information content (AvgIpc) is 2.89. The molecule has 1 saturated carbocycles. The molecule has 3 N–H and O–H groups in total. The Kier molecular flexibility index (Phi) is 2.72.